The van der Waals surface area contributed by atoms with Gasteiger partial charge in [-0.2, -0.15) is 0 Å². The van der Waals surface area contributed by atoms with Gasteiger partial charge in [-0.15, -0.1) is 0 Å². The monoisotopic (exact) mass is 320 g/mol. The molecule has 0 atom stereocenters. The van der Waals surface area contributed by atoms with Crippen molar-refractivity contribution >= 4 is 17.6 Å². The smallest absolute Gasteiger partial charge is 0.321 e. The third kappa shape index (κ3) is 3.01. The van der Waals surface area contributed by atoms with Crippen LogP contribution in [0.15, 0.2) is 18.2 Å². The van der Waals surface area contributed by atoms with Gasteiger partial charge in [0.25, 0.3) is 5.91 Å². The van der Waals surface area contributed by atoms with E-state index in [1.54, 1.807) is 0 Å². The number of carbonyl (C=O) groups is 2. The van der Waals surface area contributed by atoms with Crippen molar-refractivity contribution in [3.8, 4) is 0 Å². The zero-order chi connectivity index (χ0) is 16.4. The molecule has 3 amide bonds. The Labute approximate surface area is 134 Å². The summed E-state index contributed by atoms with van der Waals surface area (Å²) in [7, 11) is 0. The van der Waals surface area contributed by atoms with E-state index in [2.05, 4.69) is 10.6 Å². The first-order valence-electron chi connectivity index (χ1n) is 7.92. The molecule has 0 aromatic heterocycles. The van der Waals surface area contributed by atoms with Crippen LogP contribution >= 0.6 is 0 Å². The predicted molar refractivity (Wildman–Crippen MR) is 84.9 cm³/mol. The van der Waals surface area contributed by atoms with Crippen molar-refractivity contribution < 1.29 is 14.0 Å². The van der Waals surface area contributed by atoms with Crippen molar-refractivity contribution in [3.05, 3.63) is 29.6 Å². The van der Waals surface area contributed by atoms with Gasteiger partial charge in [-0.1, -0.05) is 12.8 Å². The van der Waals surface area contributed by atoms with Crippen LogP contribution in [0.5, 0.6) is 0 Å². The molecule has 2 fully saturated rings. The number of benzene rings is 1. The molecule has 6 nitrogen and oxygen atoms in total. The molecule has 7 heteroatoms. The molecular weight excluding hydrogens is 299 g/mol. The van der Waals surface area contributed by atoms with Crippen molar-refractivity contribution in [2.75, 3.05) is 24.5 Å². The van der Waals surface area contributed by atoms with Gasteiger partial charge in [0.2, 0.25) is 0 Å². The lowest BCUT2D eigenvalue weighted by molar-refractivity contribution is 0.0899. The molecule has 1 aromatic rings. The Bertz CT molecular complexity index is 629. The van der Waals surface area contributed by atoms with Gasteiger partial charge in [-0.3, -0.25) is 9.69 Å². The van der Waals surface area contributed by atoms with E-state index in [9.17, 15) is 14.0 Å². The van der Waals surface area contributed by atoms with E-state index < -0.39 is 17.3 Å². The molecular formula is C16H21FN4O2. The molecule has 1 aliphatic heterocycles. The predicted octanol–water partition coefficient (Wildman–Crippen LogP) is 1.36. The zero-order valence-electron chi connectivity index (χ0n) is 12.9. The summed E-state index contributed by atoms with van der Waals surface area (Å²) in [6, 6.07) is 3.91. The highest BCUT2D eigenvalue weighted by atomic mass is 19.1. The van der Waals surface area contributed by atoms with Gasteiger partial charge in [-0.05, 0) is 31.0 Å². The Kier molecular flexibility index (Phi) is 4.21. The number of anilines is 1. The van der Waals surface area contributed by atoms with Gasteiger partial charge in [-0.25, -0.2) is 9.18 Å². The minimum atomic E-state index is -0.601. The lowest BCUT2D eigenvalue weighted by Crippen LogP contribution is -2.51. The summed E-state index contributed by atoms with van der Waals surface area (Å²) in [6.45, 7) is 1.38. The van der Waals surface area contributed by atoms with Crippen LogP contribution in [0.1, 0.15) is 36.0 Å². The van der Waals surface area contributed by atoms with Gasteiger partial charge in [0.05, 0.1) is 11.1 Å². The molecule has 0 spiro atoms. The molecule has 4 N–H and O–H groups in total. The second-order valence-corrected chi connectivity index (χ2v) is 6.19. The van der Waals surface area contributed by atoms with Crippen LogP contribution in [-0.2, 0) is 0 Å². The minimum absolute atomic E-state index is 0.0538. The molecule has 1 aliphatic carbocycles. The number of nitrogens with one attached hydrogen (secondary N) is 2. The highest BCUT2D eigenvalue weighted by Gasteiger charge is 2.35. The fourth-order valence-corrected chi connectivity index (χ4v) is 3.31. The Morgan fingerprint density at radius 1 is 1.39 bits per heavy atom. The Hall–Kier alpha value is -2.15. The quantitative estimate of drug-likeness (QED) is 0.783. The first-order chi connectivity index (χ1) is 11.0. The fraction of sp³-hybridized carbons (Fsp3) is 0.500. The maximum Gasteiger partial charge on any atom is 0.321 e. The average Bonchev–Trinajstić information content (AvgIpc) is 3.17. The molecule has 1 saturated carbocycles. The number of halogens is 1. The van der Waals surface area contributed by atoms with E-state index in [0.717, 1.165) is 25.7 Å². The second-order valence-electron chi connectivity index (χ2n) is 6.19. The summed E-state index contributed by atoms with van der Waals surface area (Å²) in [6.07, 6.45) is 3.64. The molecule has 124 valence electrons. The van der Waals surface area contributed by atoms with E-state index in [4.69, 9.17) is 5.73 Å². The minimum Gasteiger partial charge on any atom is -0.345 e. The van der Waals surface area contributed by atoms with E-state index >= 15 is 0 Å². The number of carbonyl (C=O) groups excluding carboxylic acids is 2. The summed E-state index contributed by atoms with van der Waals surface area (Å²) in [4.78, 5) is 25.7. The van der Waals surface area contributed by atoms with Crippen molar-refractivity contribution in [1.29, 1.82) is 0 Å². The Morgan fingerprint density at radius 3 is 2.74 bits per heavy atom. The van der Waals surface area contributed by atoms with Gasteiger partial charge < -0.3 is 16.4 Å². The van der Waals surface area contributed by atoms with Crippen molar-refractivity contribution in [1.82, 2.24) is 10.6 Å². The number of nitrogens with zero attached hydrogens (tertiary/aromatic N) is 1. The number of hydrogen-bond acceptors (Lipinski definition) is 3. The third-order valence-corrected chi connectivity index (χ3v) is 4.69. The Balaban J connectivity index is 1.83. The topological polar surface area (TPSA) is 87.5 Å². The maximum atomic E-state index is 14.1. The van der Waals surface area contributed by atoms with Crippen molar-refractivity contribution in [2.24, 2.45) is 5.73 Å². The highest BCUT2D eigenvalue weighted by molar-refractivity contribution is 5.99. The van der Waals surface area contributed by atoms with Crippen LogP contribution in [0.3, 0.4) is 0 Å². The summed E-state index contributed by atoms with van der Waals surface area (Å²) < 4.78 is 14.1. The number of urea groups is 1. The number of amides is 3. The van der Waals surface area contributed by atoms with E-state index in [0.29, 0.717) is 25.3 Å². The van der Waals surface area contributed by atoms with Crippen LogP contribution in [0, 0.1) is 5.82 Å². The molecule has 1 heterocycles. The zero-order valence-corrected chi connectivity index (χ0v) is 12.9. The molecule has 3 rings (SSSR count). The number of hydrogen-bond donors (Lipinski definition) is 3. The van der Waals surface area contributed by atoms with Crippen LogP contribution in [0.2, 0.25) is 0 Å². The number of rotatable bonds is 4. The third-order valence-electron chi connectivity index (χ3n) is 4.69. The first kappa shape index (κ1) is 15.7. The molecule has 23 heavy (non-hydrogen) atoms. The summed E-state index contributed by atoms with van der Waals surface area (Å²) >= 11 is 0. The van der Waals surface area contributed by atoms with Gasteiger partial charge in [0.1, 0.15) is 5.82 Å². The molecule has 0 radical (unpaired) electrons. The summed E-state index contributed by atoms with van der Waals surface area (Å²) in [5.41, 5.74) is 5.83. The Morgan fingerprint density at radius 2 is 2.13 bits per heavy atom. The van der Waals surface area contributed by atoms with Crippen LogP contribution in [0.25, 0.3) is 0 Å². The first-order valence-corrected chi connectivity index (χ1v) is 7.92. The van der Waals surface area contributed by atoms with Gasteiger partial charge in [0.15, 0.2) is 0 Å². The van der Waals surface area contributed by atoms with Gasteiger partial charge in [0, 0.05) is 25.3 Å². The molecule has 2 aliphatic rings. The standard InChI is InChI=1S/C16H21FN4O2/c17-13-4-3-11(21-8-7-19-15(21)23)9-12(13)14(22)20-16(10-18)5-1-2-6-16/h3-4,9H,1-2,5-8,10,18H2,(H,19,23)(H,20,22). The lowest BCUT2D eigenvalue weighted by Gasteiger charge is -2.29. The molecule has 0 bridgehead atoms. The van der Waals surface area contributed by atoms with Crippen molar-refractivity contribution in [2.45, 2.75) is 31.2 Å². The maximum absolute atomic E-state index is 14.1. The van der Waals surface area contributed by atoms with Crippen LogP contribution < -0.4 is 21.3 Å². The van der Waals surface area contributed by atoms with Crippen molar-refractivity contribution in [3.63, 3.8) is 0 Å². The largest absolute Gasteiger partial charge is 0.345 e. The fourth-order valence-electron chi connectivity index (χ4n) is 3.31. The van der Waals surface area contributed by atoms with E-state index in [1.807, 2.05) is 0 Å². The van der Waals surface area contributed by atoms with Crippen LogP contribution in [-0.4, -0.2) is 37.1 Å². The summed E-state index contributed by atoms with van der Waals surface area (Å²) in [5, 5.41) is 5.59. The lowest BCUT2D eigenvalue weighted by atomic mass is 9.97. The average molecular weight is 320 g/mol. The highest BCUT2D eigenvalue weighted by Crippen LogP contribution is 2.29. The van der Waals surface area contributed by atoms with Gasteiger partial charge >= 0.3 is 6.03 Å². The second kappa shape index (κ2) is 6.16. The molecule has 1 saturated heterocycles. The van der Waals surface area contributed by atoms with E-state index in [-0.39, 0.29) is 11.6 Å². The molecule has 0 unspecified atom stereocenters. The summed E-state index contributed by atoms with van der Waals surface area (Å²) in [5.74, 6) is -1.08. The normalized spacial score (nSPS) is 19.7. The van der Waals surface area contributed by atoms with E-state index in [1.165, 1.54) is 23.1 Å². The SMILES string of the molecule is NCC1(NC(=O)c2cc(N3CCNC3=O)ccc2F)CCCC1. The molecule has 1 aromatic carbocycles. The number of nitrogens with two attached hydrogens (primary N) is 1. The van der Waals surface area contributed by atoms with Crippen LogP contribution in [0.4, 0.5) is 14.9 Å².